The Kier molecular flexibility index (Phi) is 5.49. The summed E-state index contributed by atoms with van der Waals surface area (Å²) in [5, 5.41) is 1.26. The summed E-state index contributed by atoms with van der Waals surface area (Å²) in [6.45, 7) is 7.04. The molecule has 1 aliphatic rings. The van der Waals surface area contributed by atoms with Crippen LogP contribution in [0.25, 0.3) is 10.9 Å². The first-order chi connectivity index (χ1) is 12.5. The number of aromatic amines is 1. The molecule has 0 spiro atoms. The van der Waals surface area contributed by atoms with E-state index in [0.29, 0.717) is 5.57 Å². The second-order valence-electron chi connectivity index (χ2n) is 6.48. The fraction of sp³-hybridized carbons (Fsp3) is 0.286. The van der Waals surface area contributed by atoms with Crippen molar-refractivity contribution in [3.05, 3.63) is 69.9 Å². The van der Waals surface area contributed by atoms with Crippen LogP contribution in [0.3, 0.4) is 0 Å². The van der Waals surface area contributed by atoms with Crippen molar-refractivity contribution in [2.45, 2.75) is 19.4 Å². The molecule has 1 atom stereocenters. The minimum atomic E-state index is -0.343. The second-order valence-corrected chi connectivity index (χ2v) is 7.40. The lowest BCUT2D eigenvalue weighted by Crippen LogP contribution is -2.32. The summed E-state index contributed by atoms with van der Waals surface area (Å²) < 4.78 is 5.88. The maximum absolute atomic E-state index is 11.8. The number of ether oxygens (including phenoxy) is 1. The third-order valence-electron chi connectivity index (χ3n) is 4.89. The van der Waals surface area contributed by atoms with E-state index in [1.165, 1.54) is 23.8 Å². The van der Waals surface area contributed by atoms with Crippen molar-refractivity contribution >= 4 is 32.8 Å². The first kappa shape index (κ1) is 18.7. The predicted octanol–water partition coefficient (Wildman–Crippen LogP) is 4.69. The molecule has 2 aromatic rings. The Hall–Kier alpha value is -2.11. The van der Waals surface area contributed by atoms with Crippen molar-refractivity contribution in [3.8, 4) is 0 Å². The van der Waals surface area contributed by atoms with E-state index < -0.39 is 0 Å². The molecule has 0 bridgehead atoms. The molecule has 3 rings (SSSR count). The molecule has 2 heterocycles. The zero-order valence-electron chi connectivity index (χ0n) is 15.3. The lowest BCUT2D eigenvalue weighted by molar-refractivity contribution is -0.135. The molecule has 0 amide bonds. The zero-order valence-corrected chi connectivity index (χ0v) is 16.9. The van der Waals surface area contributed by atoms with E-state index in [9.17, 15) is 4.79 Å². The van der Waals surface area contributed by atoms with E-state index in [-0.39, 0.29) is 12.0 Å². The van der Waals surface area contributed by atoms with Gasteiger partial charge in [0.25, 0.3) is 0 Å². The average Bonchev–Trinajstić information content (AvgIpc) is 2.99. The van der Waals surface area contributed by atoms with Crippen LogP contribution in [0.1, 0.15) is 24.2 Å². The van der Waals surface area contributed by atoms with Gasteiger partial charge in [0.1, 0.15) is 0 Å². The summed E-state index contributed by atoms with van der Waals surface area (Å²) in [4.78, 5) is 17.6. The number of rotatable bonds is 4. The number of likely N-dealkylation sites (N-methyl/N-ethyl adjacent to an activating group) is 1. The van der Waals surface area contributed by atoms with Gasteiger partial charge in [-0.3, -0.25) is 4.90 Å². The molecule has 1 aromatic carbocycles. The lowest BCUT2D eigenvalue weighted by Gasteiger charge is -2.33. The first-order valence-electron chi connectivity index (χ1n) is 8.58. The quantitative estimate of drug-likeness (QED) is 0.448. The van der Waals surface area contributed by atoms with Crippen LogP contribution in [0.15, 0.2) is 58.6 Å². The van der Waals surface area contributed by atoms with Crippen LogP contribution in [0.4, 0.5) is 0 Å². The molecule has 0 fully saturated rings. The van der Waals surface area contributed by atoms with Crippen LogP contribution in [0, 0.1) is 0 Å². The Morgan fingerprint density at radius 1 is 1.42 bits per heavy atom. The van der Waals surface area contributed by atoms with Gasteiger partial charge < -0.3 is 9.72 Å². The Labute approximate surface area is 162 Å². The van der Waals surface area contributed by atoms with Crippen molar-refractivity contribution < 1.29 is 9.53 Å². The summed E-state index contributed by atoms with van der Waals surface area (Å²) in [7, 11) is 3.49. The number of halogens is 1. The number of fused-ring (bicyclic) bond motifs is 3. The van der Waals surface area contributed by atoms with Crippen molar-refractivity contribution in [1.82, 2.24) is 9.88 Å². The molecule has 0 saturated carbocycles. The van der Waals surface area contributed by atoms with Gasteiger partial charge in [-0.2, -0.15) is 0 Å². The van der Waals surface area contributed by atoms with Gasteiger partial charge in [0.05, 0.1) is 18.7 Å². The van der Waals surface area contributed by atoms with Crippen LogP contribution in [0.2, 0.25) is 0 Å². The summed E-state index contributed by atoms with van der Waals surface area (Å²) in [6.07, 6.45) is 6.42. The Morgan fingerprint density at radius 2 is 2.19 bits per heavy atom. The zero-order chi connectivity index (χ0) is 18.8. The normalized spacial score (nSPS) is 18.3. The smallest absolute Gasteiger partial charge is 0.337 e. The third kappa shape index (κ3) is 3.41. The van der Waals surface area contributed by atoms with Crippen molar-refractivity contribution in [2.75, 3.05) is 20.7 Å². The molecule has 1 N–H and O–H groups in total. The third-order valence-corrected chi connectivity index (χ3v) is 5.38. The van der Waals surface area contributed by atoms with Crippen LogP contribution in [-0.4, -0.2) is 36.6 Å². The number of H-pyrrole nitrogens is 1. The van der Waals surface area contributed by atoms with E-state index in [0.717, 1.165) is 28.5 Å². The number of aromatic nitrogens is 1. The molecule has 1 unspecified atom stereocenters. The lowest BCUT2D eigenvalue weighted by atomic mass is 9.93. The van der Waals surface area contributed by atoms with Crippen LogP contribution in [0.5, 0.6) is 0 Å². The molecule has 1 aliphatic heterocycles. The van der Waals surface area contributed by atoms with Gasteiger partial charge >= 0.3 is 5.97 Å². The number of nitrogens with zero attached hydrogens (tertiary/aromatic N) is 1. The number of hydrogen-bond donors (Lipinski definition) is 1. The van der Waals surface area contributed by atoms with Crippen molar-refractivity contribution in [3.63, 3.8) is 0 Å². The maximum atomic E-state index is 11.8. The molecule has 0 aliphatic carbocycles. The Balaban J connectivity index is 1.97. The molecular formula is C21H23BrN2O2. The predicted molar refractivity (Wildman–Crippen MR) is 109 cm³/mol. The monoisotopic (exact) mass is 414 g/mol. The standard InChI is InChI=1S/C21H23BrN2O2/c1-5-14(21(25)26-4)7-6-13(2)20-19-16(10-11-24(20)3)17-12-15(22)8-9-18(17)23-19/h5-9,12,20,23H,2,10-11H2,1,3-4H3/b7-6-,14-5+. The number of allylic oxidation sites excluding steroid dienone is 1. The Bertz CT molecular complexity index is 923. The summed E-state index contributed by atoms with van der Waals surface area (Å²) in [6, 6.07) is 6.37. The molecule has 136 valence electrons. The largest absolute Gasteiger partial charge is 0.465 e. The summed E-state index contributed by atoms with van der Waals surface area (Å²) >= 11 is 3.57. The molecule has 26 heavy (non-hydrogen) atoms. The van der Waals surface area contributed by atoms with E-state index >= 15 is 0 Å². The number of esters is 1. The van der Waals surface area contributed by atoms with Gasteiger partial charge in [-0.1, -0.05) is 34.7 Å². The van der Waals surface area contributed by atoms with Crippen molar-refractivity contribution in [2.24, 2.45) is 0 Å². The van der Waals surface area contributed by atoms with E-state index in [4.69, 9.17) is 4.74 Å². The van der Waals surface area contributed by atoms with Crippen LogP contribution >= 0.6 is 15.9 Å². The highest BCUT2D eigenvalue weighted by Gasteiger charge is 2.29. The average molecular weight is 415 g/mol. The van der Waals surface area contributed by atoms with Gasteiger partial charge in [0, 0.05) is 27.6 Å². The number of benzene rings is 1. The van der Waals surface area contributed by atoms with Crippen molar-refractivity contribution in [1.29, 1.82) is 0 Å². The molecule has 1 aromatic heterocycles. The van der Waals surface area contributed by atoms with Gasteiger partial charge in [-0.15, -0.1) is 0 Å². The number of carbonyl (C=O) groups excluding carboxylic acids is 1. The molecule has 0 radical (unpaired) electrons. The number of methoxy groups -OCH3 is 1. The maximum Gasteiger partial charge on any atom is 0.337 e. The highest BCUT2D eigenvalue weighted by molar-refractivity contribution is 9.10. The van der Waals surface area contributed by atoms with Gasteiger partial charge in [-0.05, 0) is 55.8 Å². The molecule has 4 nitrogen and oxygen atoms in total. The minimum absolute atomic E-state index is 0.0527. The number of nitrogens with one attached hydrogen (secondary N) is 1. The minimum Gasteiger partial charge on any atom is -0.465 e. The fourth-order valence-corrected chi connectivity index (χ4v) is 3.90. The SMILES string of the molecule is C=C(/C=C\C(=C/C)C(=O)OC)C1c2[nH]c3ccc(Br)cc3c2CCN1C. The topological polar surface area (TPSA) is 45.3 Å². The van der Waals surface area contributed by atoms with Gasteiger partial charge in [-0.25, -0.2) is 4.79 Å². The van der Waals surface area contributed by atoms with E-state index in [2.05, 4.69) is 51.6 Å². The van der Waals surface area contributed by atoms with Gasteiger partial charge in [0.15, 0.2) is 0 Å². The van der Waals surface area contributed by atoms with Gasteiger partial charge in [0.2, 0.25) is 0 Å². The highest BCUT2D eigenvalue weighted by Crippen LogP contribution is 2.38. The second kappa shape index (κ2) is 7.64. The summed E-state index contributed by atoms with van der Waals surface area (Å²) in [5.74, 6) is -0.343. The van der Waals surface area contributed by atoms with Crippen LogP contribution in [-0.2, 0) is 16.0 Å². The van der Waals surface area contributed by atoms with Crippen LogP contribution < -0.4 is 0 Å². The fourth-order valence-electron chi connectivity index (χ4n) is 3.54. The molecule has 5 heteroatoms. The molecule has 0 saturated heterocycles. The summed E-state index contributed by atoms with van der Waals surface area (Å²) in [5.41, 5.74) is 5.12. The number of carbonyl (C=O) groups is 1. The van der Waals surface area contributed by atoms with E-state index in [1.54, 1.807) is 12.2 Å². The molecular weight excluding hydrogens is 392 g/mol. The highest BCUT2D eigenvalue weighted by atomic mass is 79.9. The number of hydrogen-bond acceptors (Lipinski definition) is 3. The first-order valence-corrected chi connectivity index (χ1v) is 9.37. The Morgan fingerprint density at radius 3 is 2.88 bits per heavy atom. The van der Waals surface area contributed by atoms with E-state index in [1.807, 2.05) is 19.1 Å².